The zero-order valence-corrected chi connectivity index (χ0v) is 18.1. The Morgan fingerprint density at radius 2 is 1.40 bits per heavy atom. The Hall–Kier alpha value is -3.12. The second-order valence-electron chi connectivity index (χ2n) is 7.27. The largest absolute Gasteiger partial charge is 0.323 e. The molecule has 0 bridgehead atoms. The average molecular weight is 408 g/mol. The SMILES string of the molecule is C=CC(=O)Nc1ccc(N=Nc2ccc(CC(=O)C[N+](CC)(CC)CC)cc2)cc1. The number of hydrogen-bond acceptors (Lipinski definition) is 4. The van der Waals surface area contributed by atoms with Crippen LogP contribution in [0.15, 0.2) is 71.4 Å². The van der Waals surface area contributed by atoms with Crippen molar-refractivity contribution in [2.45, 2.75) is 27.2 Å². The number of quaternary nitrogens is 1. The van der Waals surface area contributed by atoms with Crippen LogP contribution in [0.25, 0.3) is 0 Å². The van der Waals surface area contributed by atoms with Crippen molar-refractivity contribution in [1.82, 2.24) is 0 Å². The van der Waals surface area contributed by atoms with Gasteiger partial charge in [-0.05, 0) is 68.8 Å². The molecule has 6 heteroatoms. The van der Waals surface area contributed by atoms with Crippen LogP contribution in [0, 0.1) is 0 Å². The summed E-state index contributed by atoms with van der Waals surface area (Å²) in [5, 5.41) is 11.1. The van der Waals surface area contributed by atoms with E-state index in [0.717, 1.165) is 35.4 Å². The Balaban J connectivity index is 1.95. The summed E-state index contributed by atoms with van der Waals surface area (Å²) in [4.78, 5) is 23.8. The molecule has 0 aliphatic rings. The van der Waals surface area contributed by atoms with Gasteiger partial charge in [0.15, 0.2) is 5.78 Å². The Bertz CT molecular complexity index is 874. The smallest absolute Gasteiger partial charge is 0.247 e. The number of nitrogens with one attached hydrogen (secondary N) is 1. The van der Waals surface area contributed by atoms with E-state index in [0.29, 0.717) is 24.3 Å². The number of azo groups is 1. The summed E-state index contributed by atoms with van der Waals surface area (Å²) in [5.41, 5.74) is 3.06. The molecule has 6 nitrogen and oxygen atoms in total. The van der Waals surface area contributed by atoms with E-state index in [4.69, 9.17) is 0 Å². The summed E-state index contributed by atoms with van der Waals surface area (Å²) in [6, 6.07) is 14.7. The number of benzene rings is 2. The summed E-state index contributed by atoms with van der Waals surface area (Å²) in [5.74, 6) is 0.00484. The van der Waals surface area contributed by atoms with Gasteiger partial charge in [-0.15, -0.1) is 0 Å². The van der Waals surface area contributed by atoms with Gasteiger partial charge in [-0.25, -0.2) is 0 Å². The van der Waals surface area contributed by atoms with Gasteiger partial charge in [0, 0.05) is 12.1 Å². The molecule has 0 aromatic heterocycles. The first-order chi connectivity index (χ1) is 14.4. The van der Waals surface area contributed by atoms with Crippen molar-refractivity contribution in [2.75, 3.05) is 31.5 Å². The first-order valence-electron chi connectivity index (χ1n) is 10.3. The minimum atomic E-state index is -0.258. The summed E-state index contributed by atoms with van der Waals surface area (Å²) < 4.78 is 0.835. The highest BCUT2D eigenvalue weighted by Crippen LogP contribution is 2.21. The van der Waals surface area contributed by atoms with Gasteiger partial charge < -0.3 is 9.80 Å². The van der Waals surface area contributed by atoms with Crippen molar-refractivity contribution in [3.63, 3.8) is 0 Å². The van der Waals surface area contributed by atoms with Crippen LogP contribution in [0.2, 0.25) is 0 Å². The van der Waals surface area contributed by atoms with Crippen LogP contribution in [0.5, 0.6) is 0 Å². The van der Waals surface area contributed by atoms with Crippen molar-refractivity contribution in [3.8, 4) is 0 Å². The summed E-state index contributed by atoms with van der Waals surface area (Å²) >= 11 is 0. The predicted octanol–water partition coefficient (Wildman–Crippen LogP) is 5.21. The Kier molecular flexibility index (Phi) is 8.62. The quantitative estimate of drug-likeness (QED) is 0.315. The Morgan fingerprint density at radius 1 is 0.900 bits per heavy atom. The molecule has 2 rings (SSSR count). The molecular formula is C24H31N4O2+. The van der Waals surface area contributed by atoms with Gasteiger partial charge in [0.05, 0.1) is 31.0 Å². The lowest BCUT2D eigenvalue weighted by atomic mass is 10.1. The van der Waals surface area contributed by atoms with Gasteiger partial charge in [0.2, 0.25) is 5.91 Å². The first kappa shape index (κ1) is 23.2. The molecule has 0 radical (unpaired) electrons. The number of rotatable bonds is 11. The standard InChI is InChI=1S/C24H30N4O2/c1-5-24(30)25-20-13-15-22(16-14-20)27-26-21-11-9-19(10-12-21)17-23(29)18-28(6-2,7-3)8-4/h5,9-16H,1,6-8,17-18H2,2-4H3/p+1. The molecule has 1 amide bonds. The lowest BCUT2D eigenvalue weighted by Gasteiger charge is -2.35. The van der Waals surface area contributed by atoms with Crippen molar-refractivity contribution in [1.29, 1.82) is 0 Å². The van der Waals surface area contributed by atoms with Crippen LogP contribution < -0.4 is 5.32 Å². The topological polar surface area (TPSA) is 70.9 Å². The maximum atomic E-state index is 12.5. The number of anilines is 1. The van der Waals surface area contributed by atoms with Crippen LogP contribution in [0.4, 0.5) is 17.1 Å². The Morgan fingerprint density at radius 3 is 1.87 bits per heavy atom. The number of Topliss-reactive ketones (excluding diaryl/α,β-unsaturated/α-hetero) is 1. The number of carbonyl (C=O) groups excluding carboxylic acids is 2. The van der Waals surface area contributed by atoms with E-state index in [9.17, 15) is 9.59 Å². The van der Waals surface area contributed by atoms with Crippen LogP contribution in [-0.2, 0) is 16.0 Å². The lowest BCUT2D eigenvalue weighted by Crippen LogP contribution is -2.51. The zero-order valence-electron chi connectivity index (χ0n) is 18.1. The number of carbonyl (C=O) groups is 2. The molecule has 0 spiro atoms. The molecule has 0 atom stereocenters. The van der Waals surface area contributed by atoms with Crippen molar-refractivity contribution in [2.24, 2.45) is 10.2 Å². The average Bonchev–Trinajstić information content (AvgIpc) is 2.78. The molecule has 0 saturated heterocycles. The number of nitrogens with zero attached hydrogens (tertiary/aromatic N) is 3. The molecule has 1 N–H and O–H groups in total. The fraction of sp³-hybridized carbons (Fsp3) is 0.333. The zero-order chi connectivity index (χ0) is 22.0. The highest BCUT2D eigenvalue weighted by molar-refractivity contribution is 5.98. The van der Waals surface area contributed by atoms with Gasteiger partial charge in [0.1, 0.15) is 6.54 Å². The van der Waals surface area contributed by atoms with Gasteiger partial charge >= 0.3 is 0 Å². The molecule has 2 aromatic carbocycles. The third-order valence-electron chi connectivity index (χ3n) is 5.46. The van der Waals surface area contributed by atoms with E-state index in [2.05, 4.69) is 42.9 Å². The van der Waals surface area contributed by atoms with Crippen LogP contribution in [-0.4, -0.2) is 42.4 Å². The molecule has 0 unspecified atom stereocenters. The summed E-state index contributed by atoms with van der Waals surface area (Å²) in [6.07, 6.45) is 1.66. The van der Waals surface area contributed by atoms with E-state index in [-0.39, 0.29) is 11.7 Å². The molecular weight excluding hydrogens is 376 g/mol. The van der Waals surface area contributed by atoms with Gasteiger partial charge in [-0.3, -0.25) is 9.59 Å². The first-order valence-corrected chi connectivity index (χ1v) is 10.3. The normalized spacial score (nSPS) is 11.4. The highest BCUT2D eigenvalue weighted by atomic mass is 16.1. The molecule has 0 saturated carbocycles. The fourth-order valence-corrected chi connectivity index (χ4v) is 3.26. The maximum absolute atomic E-state index is 12.5. The predicted molar refractivity (Wildman–Crippen MR) is 121 cm³/mol. The molecule has 2 aromatic rings. The van der Waals surface area contributed by atoms with Gasteiger partial charge in [-0.1, -0.05) is 18.7 Å². The molecule has 0 aliphatic heterocycles. The third-order valence-corrected chi connectivity index (χ3v) is 5.46. The number of amides is 1. The third kappa shape index (κ3) is 6.74. The number of likely N-dealkylation sites (N-methyl/N-ethyl adjacent to an activating group) is 1. The lowest BCUT2D eigenvalue weighted by molar-refractivity contribution is -0.915. The number of hydrogen-bond donors (Lipinski definition) is 1. The van der Waals surface area contributed by atoms with Crippen LogP contribution in [0.1, 0.15) is 26.3 Å². The number of ketones is 1. The van der Waals surface area contributed by atoms with E-state index < -0.39 is 0 Å². The molecule has 0 fully saturated rings. The monoisotopic (exact) mass is 407 g/mol. The Labute approximate surface area is 178 Å². The van der Waals surface area contributed by atoms with E-state index in [1.165, 1.54) is 6.08 Å². The van der Waals surface area contributed by atoms with Crippen molar-refractivity contribution >= 4 is 28.8 Å². The van der Waals surface area contributed by atoms with Gasteiger partial charge in [-0.2, -0.15) is 10.2 Å². The summed E-state index contributed by atoms with van der Waals surface area (Å²) in [7, 11) is 0. The summed E-state index contributed by atoms with van der Waals surface area (Å²) in [6.45, 7) is 13.3. The molecule has 30 heavy (non-hydrogen) atoms. The maximum Gasteiger partial charge on any atom is 0.247 e. The molecule has 158 valence electrons. The molecule has 0 aliphatic carbocycles. The van der Waals surface area contributed by atoms with Crippen molar-refractivity contribution < 1.29 is 14.1 Å². The van der Waals surface area contributed by atoms with Crippen LogP contribution in [0.3, 0.4) is 0 Å². The minimum Gasteiger partial charge on any atom is -0.323 e. The van der Waals surface area contributed by atoms with E-state index in [1.807, 2.05) is 24.3 Å². The van der Waals surface area contributed by atoms with Crippen LogP contribution >= 0.6 is 0 Å². The minimum absolute atomic E-state index is 0.258. The van der Waals surface area contributed by atoms with E-state index >= 15 is 0 Å². The fourth-order valence-electron chi connectivity index (χ4n) is 3.26. The van der Waals surface area contributed by atoms with Gasteiger partial charge in [0.25, 0.3) is 0 Å². The van der Waals surface area contributed by atoms with Crippen molar-refractivity contribution in [3.05, 3.63) is 66.7 Å². The molecule has 0 heterocycles. The second-order valence-corrected chi connectivity index (χ2v) is 7.27. The second kappa shape index (κ2) is 11.2. The highest BCUT2D eigenvalue weighted by Gasteiger charge is 2.24. The van der Waals surface area contributed by atoms with E-state index in [1.54, 1.807) is 24.3 Å².